The molecule has 0 amide bonds. The largest absolute Gasteiger partial charge is 0.444 e. The van der Waals surface area contributed by atoms with Crippen molar-refractivity contribution < 1.29 is 9.21 Å². The number of rotatable bonds is 5. The molecule has 0 saturated carbocycles. The minimum absolute atomic E-state index is 0.0475. The van der Waals surface area contributed by atoms with Gasteiger partial charge in [0.05, 0.1) is 22.4 Å². The highest BCUT2D eigenvalue weighted by molar-refractivity contribution is 8.00. The summed E-state index contributed by atoms with van der Waals surface area (Å²) in [6.07, 6.45) is 9.28. The van der Waals surface area contributed by atoms with Crippen LogP contribution in [0.5, 0.6) is 0 Å². The highest BCUT2D eigenvalue weighted by Crippen LogP contribution is 2.34. The maximum Gasteiger partial charge on any atom is 0.204 e. The maximum atomic E-state index is 11.0. The number of nitrogens with zero attached hydrogens (tertiary/aromatic N) is 3. The van der Waals surface area contributed by atoms with Crippen LogP contribution in [-0.4, -0.2) is 22.4 Å². The molecule has 2 N–H and O–H groups in total. The van der Waals surface area contributed by atoms with Crippen molar-refractivity contribution in [2.75, 3.05) is 4.90 Å². The van der Waals surface area contributed by atoms with Crippen molar-refractivity contribution >= 4 is 34.5 Å². The van der Waals surface area contributed by atoms with Gasteiger partial charge in [-0.15, -0.1) is 11.8 Å². The molecular formula is C17H20N4O2S2. The molecule has 6 nitrogen and oxygen atoms in total. The van der Waals surface area contributed by atoms with E-state index in [2.05, 4.69) is 30.7 Å². The Labute approximate surface area is 154 Å². The van der Waals surface area contributed by atoms with Gasteiger partial charge in [0.15, 0.2) is 11.4 Å². The summed E-state index contributed by atoms with van der Waals surface area (Å²) in [5, 5.41) is 0.751. The minimum Gasteiger partial charge on any atom is -0.444 e. The third-order valence-corrected chi connectivity index (χ3v) is 5.75. The second-order valence-corrected chi connectivity index (χ2v) is 8.91. The van der Waals surface area contributed by atoms with Crippen LogP contribution < -0.4 is 10.6 Å². The molecule has 0 spiro atoms. The third kappa shape index (κ3) is 4.20. The Morgan fingerprint density at radius 2 is 2.20 bits per heavy atom. The summed E-state index contributed by atoms with van der Waals surface area (Å²) in [4.78, 5) is 21.5. The average molecular weight is 377 g/mol. The van der Waals surface area contributed by atoms with E-state index in [9.17, 15) is 4.79 Å². The number of anilines is 1. The summed E-state index contributed by atoms with van der Waals surface area (Å²) in [6.45, 7) is 6.28. The Balaban J connectivity index is 1.66. The van der Waals surface area contributed by atoms with E-state index in [0.717, 1.165) is 21.4 Å². The fourth-order valence-corrected chi connectivity index (χ4v) is 3.97. The van der Waals surface area contributed by atoms with Gasteiger partial charge in [-0.1, -0.05) is 38.2 Å². The van der Waals surface area contributed by atoms with Gasteiger partial charge < -0.3 is 15.1 Å². The number of allylic oxidation sites excluding steroid dienone is 2. The lowest BCUT2D eigenvalue weighted by Gasteiger charge is -2.25. The number of aldehydes is 1. The van der Waals surface area contributed by atoms with Crippen LogP contribution in [-0.2, 0) is 16.0 Å². The van der Waals surface area contributed by atoms with E-state index in [1.165, 1.54) is 11.3 Å². The number of hydrogen-bond donors (Lipinski definition) is 1. The van der Waals surface area contributed by atoms with Gasteiger partial charge in [0.25, 0.3) is 0 Å². The van der Waals surface area contributed by atoms with Crippen molar-refractivity contribution in [1.29, 1.82) is 0 Å². The number of oxazole rings is 1. The predicted molar refractivity (Wildman–Crippen MR) is 101 cm³/mol. The van der Waals surface area contributed by atoms with Crippen LogP contribution in [0.2, 0.25) is 0 Å². The Kier molecular flexibility index (Phi) is 5.12. The van der Waals surface area contributed by atoms with Gasteiger partial charge in [0.2, 0.25) is 5.89 Å². The van der Waals surface area contributed by atoms with Crippen molar-refractivity contribution in [2.45, 2.75) is 42.3 Å². The summed E-state index contributed by atoms with van der Waals surface area (Å²) in [7, 11) is 0. The zero-order chi connectivity index (χ0) is 18.0. The van der Waals surface area contributed by atoms with Crippen molar-refractivity contribution in [2.24, 2.45) is 5.73 Å². The Hall–Kier alpha value is -1.90. The number of hydrogen-bond acceptors (Lipinski definition) is 8. The summed E-state index contributed by atoms with van der Waals surface area (Å²) >= 11 is 3.14. The van der Waals surface area contributed by atoms with Gasteiger partial charge >= 0.3 is 0 Å². The molecule has 0 fully saturated rings. The quantitative estimate of drug-likeness (QED) is 0.632. The van der Waals surface area contributed by atoms with Gasteiger partial charge in [0.1, 0.15) is 11.9 Å². The first kappa shape index (κ1) is 17.9. The van der Waals surface area contributed by atoms with Crippen molar-refractivity contribution in [3.8, 4) is 0 Å². The van der Waals surface area contributed by atoms with Gasteiger partial charge in [-0.25, -0.2) is 9.97 Å². The minimum atomic E-state index is -0.325. The molecule has 1 aliphatic rings. The van der Waals surface area contributed by atoms with E-state index < -0.39 is 0 Å². The first-order valence-electron chi connectivity index (χ1n) is 7.80. The fourth-order valence-electron chi connectivity index (χ4n) is 2.14. The standard InChI is InChI=1S/C17H20N4O2S2/c1-17(2,3)12-6-19-14(23-12)10-24-15-7-20-16(25-15)21-8-11(9-22)4-5-13(21)18/h4-9,13H,10,18H2,1-3H3. The Morgan fingerprint density at radius 3 is 2.88 bits per heavy atom. The fraction of sp³-hybridized carbons (Fsp3) is 0.353. The second kappa shape index (κ2) is 7.15. The SMILES string of the molecule is CC(C)(C)c1cnc(CSc2cnc(N3C=C(C=O)C=CC3N)s2)o1. The Morgan fingerprint density at radius 1 is 1.40 bits per heavy atom. The molecule has 0 saturated heterocycles. The monoisotopic (exact) mass is 376 g/mol. The molecule has 3 heterocycles. The van der Waals surface area contributed by atoms with Crippen molar-refractivity contribution in [1.82, 2.24) is 9.97 Å². The zero-order valence-electron chi connectivity index (χ0n) is 14.3. The average Bonchev–Trinajstić information content (AvgIpc) is 3.22. The first-order chi connectivity index (χ1) is 11.9. The lowest BCUT2D eigenvalue weighted by atomic mass is 9.94. The molecule has 0 bridgehead atoms. The molecule has 1 aliphatic heterocycles. The zero-order valence-corrected chi connectivity index (χ0v) is 15.9. The topological polar surface area (TPSA) is 85.2 Å². The highest BCUT2D eigenvalue weighted by atomic mass is 32.2. The lowest BCUT2D eigenvalue weighted by Crippen LogP contribution is -2.38. The predicted octanol–water partition coefficient (Wildman–Crippen LogP) is 3.46. The maximum absolute atomic E-state index is 11.0. The van der Waals surface area contributed by atoms with Gasteiger partial charge in [-0.2, -0.15) is 0 Å². The number of aromatic nitrogens is 2. The third-order valence-electron chi connectivity index (χ3n) is 3.56. The van der Waals surface area contributed by atoms with E-state index in [0.29, 0.717) is 17.2 Å². The molecule has 0 aromatic carbocycles. The molecule has 3 rings (SSSR count). The van der Waals surface area contributed by atoms with E-state index in [4.69, 9.17) is 10.2 Å². The van der Waals surface area contributed by atoms with Gasteiger partial charge in [0, 0.05) is 17.2 Å². The van der Waals surface area contributed by atoms with Crippen molar-refractivity contribution in [3.05, 3.63) is 48.0 Å². The molecule has 1 unspecified atom stereocenters. The van der Waals surface area contributed by atoms with Crippen LogP contribution in [0.3, 0.4) is 0 Å². The number of carbonyl (C=O) groups excluding carboxylic acids is 1. The smallest absolute Gasteiger partial charge is 0.204 e. The highest BCUT2D eigenvalue weighted by Gasteiger charge is 2.20. The molecule has 2 aromatic rings. The lowest BCUT2D eigenvalue weighted by molar-refractivity contribution is -0.104. The van der Waals surface area contributed by atoms with E-state index in [1.807, 2.05) is 0 Å². The molecule has 0 radical (unpaired) electrons. The van der Waals surface area contributed by atoms with Crippen LogP contribution in [0.15, 0.2) is 44.9 Å². The van der Waals surface area contributed by atoms with Gasteiger partial charge in [-0.3, -0.25) is 4.79 Å². The molecule has 0 aliphatic carbocycles. The molecule has 25 heavy (non-hydrogen) atoms. The normalized spacial score (nSPS) is 17.7. The second-order valence-electron chi connectivity index (χ2n) is 6.62. The molecule has 132 valence electrons. The first-order valence-corrected chi connectivity index (χ1v) is 9.60. The van der Waals surface area contributed by atoms with Crippen LogP contribution in [0.4, 0.5) is 5.13 Å². The molecule has 2 aromatic heterocycles. The van der Waals surface area contributed by atoms with Crippen LogP contribution in [0.25, 0.3) is 0 Å². The van der Waals surface area contributed by atoms with E-state index in [-0.39, 0.29) is 11.6 Å². The Bertz CT molecular complexity index is 817. The van der Waals surface area contributed by atoms with E-state index >= 15 is 0 Å². The number of carbonyl (C=O) groups is 1. The number of thioether (sulfide) groups is 1. The van der Waals surface area contributed by atoms with Crippen LogP contribution in [0.1, 0.15) is 32.4 Å². The number of nitrogens with two attached hydrogens (primary N) is 1. The van der Waals surface area contributed by atoms with Crippen LogP contribution in [0, 0.1) is 0 Å². The summed E-state index contributed by atoms with van der Waals surface area (Å²) in [5.74, 6) is 2.22. The van der Waals surface area contributed by atoms with Crippen LogP contribution >= 0.6 is 23.1 Å². The summed E-state index contributed by atoms with van der Waals surface area (Å²) in [5.41, 5.74) is 6.58. The molecular weight excluding hydrogens is 356 g/mol. The van der Waals surface area contributed by atoms with Gasteiger partial charge in [-0.05, 0) is 6.08 Å². The summed E-state index contributed by atoms with van der Waals surface area (Å²) in [6, 6.07) is 0. The van der Waals surface area contributed by atoms with E-state index in [1.54, 1.807) is 47.4 Å². The van der Waals surface area contributed by atoms with Crippen molar-refractivity contribution in [3.63, 3.8) is 0 Å². The number of thiazole rings is 1. The molecule has 1 atom stereocenters. The summed E-state index contributed by atoms with van der Waals surface area (Å²) < 4.78 is 6.84. The molecule has 8 heteroatoms.